The summed E-state index contributed by atoms with van der Waals surface area (Å²) in [5, 5.41) is 11.5. The van der Waals surface area contributed by atoms with Gasteiger partial charge in [-0.15, -0.1) is 0 Å². The van der Waals surface area contributed by atoms with Gasteiger partial charge in [-0.25, -0.2) is 5.11 Å². The summed E-state index contributed by atoms with van der Waals surface area (Å²) in [5.74, 6) is -0.407. The van der Waals surface area contributed by atoms with Crippen LogP contribution in [0.1, 0.15) is 0 Å². The molecule has 0 aliphatic heterocycles. The lowest BCUT2D eigenvalue weighted by Crippen LogP contribution is -2.30. The standard InChI is InChI=1S/C3H7N2O2/c4-1-3(7)5-2-6/h1-2,4H2,(H,5,7). The molecule has 0 spiro atoms. The van der Waals surface area contributed by atoms with E-state index in [0.717, 1.165) is 0 Å². The highest BCUT2D eigenvalue weighted by molar-refractivity contribution is 5.77. The molecular weight excluding hydrogens is 96.0 g/mol. The van der Waals surface area contributed by atoms with E-state index in [0.29, 0.717) is 0 Å². The molecular formula is C3H7N2O2. The zero-order chi connectivity index (χ0) is 5.70. The van der Waals surface area contributed by atoms with Crippen LogP contribution in [0.2, 0.25) is 0 Å². The largest absolute Gasteiger partial charge is 0.329 e. The molecule has 0 atom stereocenters. The molecule has 0 saturated carbocycles. The van der Waals surface area contributed by atoms with Crippen LogP contribution in [0.5, 0.6) is 0 Å². The fourth-order valence-electron chi connectivity index (χ4n) is 0.153. The van der Waals surface area contributed by atoms with Gasteiger partial charge in [-0.1, -0.05) is 0 Å². The molecule has 4 heteroatoms. The van der Waals surface area contributed by atoms with Crippen LogP contribution in [0.3, 0.4) is 0 Å². The average Bonchev–Trinajstić information content (AvgIpc) is 1.68. The number of carbonyl (C=O) groups excluding carboxylic acids is 1. The zero-order valence-electron chi connectivity index (χ0n) is 3.81. The maximum atomic E-state index is 9.98. The molecule has 0 bridgehead atoms. The smallest absolute Gasteiger partial charge is 0.235 e. The Kier molecular flexibility index (Phi) is 3.26. The minimum atomic E-state index is -0.587. The molecule has 1 radical (unpaired) electrons. The van der Waals surface area contributed by atoms with Gasteiger partial charge >= 0.3 is 0 Å². The Morgan fingerprint density at radius 1 is 1.71 bits per heavy atom. The number of rotatable bonds is 2. The first-order valence-corrected chi connectivity index (χ1v) is 1.86. The quantitative estimate of drug-likeness (QED) is 0.415. The van der Waals surface area contributed by atoms with Crippen molar-refractivity contribution in [1.82, 2.24) is 5.32 Å². The molecule has 0 unspecified atom stereocenters. The van der Waals surface area contributed by atoms with Crippen molar-refractivity contribution in [3.8, 4) is 0 Å². The van der Waals surface area contributed by atoms with Crippen molar-refractivity contribution in [3.05, 3.63) is 0 Å². The predicted octanol–water partition coefficient (Wildman–Crippen LogP) is -1.55. The Morgan fingerprint density at radius 2 is 2.29 bits per heavy atom. The van der Waals surface area contributed by atoms with E-state index in [1.54, 1.807) is 0 Å². The Morgan fingerprint density at radius 3 is 2.43 bits per heavy atom. The maximum absolute atomic E-state index is 9.98. The van der Waals surface area contributed by atoms with Gasteiger partial charge in [0.05, 0.1) is 6.54 Å². The lowest BCUT2D eigenvalue weighted by molar-refractivity contribution is -0.121. The molecule has 0 aliphatic rings. The molecule has 0 fully saturated rings. The predicted molar refractivity (Wildman–Crippen MR) is 22.8 cm³/mol. The van der Waals surface area contributed by atoms with Gasteiger partial charge < -0.3 is 11.1 Å². The molecule has 3 N–H and O–H groups in total. The Hall–Kier alpha value is -0.610. The number of carbonyl (C=O) groups is 1. The zero-order valence-corrected chi connectivity index (χ0v) is 3.81. The third-order valence-electron chi connectivity index (χ3n) is 0.455. The van der Waals surface area contributed by atoms with E-state index >= 15 is 0 Å². The van der Waals surface area contributed by atoms with Gasteiger partial charge in [-0.05, 0) is 0 Å². The highest BCUT2D eigenvalue weighted by atomic mass is 16.3. The number of hydrogen-bond acceptors (Lipinski definition) is 2. The van der Waals surface area contributed by atoms with Gasteiger partial charge in [-0.3, -0.25) is 4.79 Å². The topological polar surface area (TPSA) is 75.0 Å². The van der Waals surface area contributed by atoms with Crippen LogP contribution in [0, 0.1) is 0 Å². The molecule has 0 aromatic heterocycles. The third kappa shape index (κ3) is 3.21. The van der Waals surface area contributed by atoms with Crippen molar-refractivity contribution in [2.75, 3.05) is 13.3 Å². The van der Waals surface area contributed by atoms with Crippen molar-refractivity contribution >= 4 is 5.91 Å². The summed E-state index contributed by atoms with van der Waals surface area (Å²) in [6.45, 7) is -0.696. The van der Waals surface area contributed by atoms with Crippen LogP contribution < -0.4 is 11.1 Å². The van der Waals surface area contributed by atoms with Crippen LogP contribution in [-0.2, 0) is 9.90 Å². The van der Waals surface area contributed by atoms with E-state index in [1.807, 2.05) is 5.32 Å². The van der Waals surface area contributed by atoms with Gasteiger partial charge in [0.1, 0.15) is 0 Å². The van der Waals surface area contributed by atoms with E-state index in [2.05, 4.69) is 0 Å². The summed E-state index contributed by atoms with van der Waals surface area (Å²) in [4.78, 5) is 9.98. The molecule has 41 valence electrons. The molecule has 7 heavy (non-hydrogen) atoms. The lowest BCUT2D eigenvalue weighted by Gasteiger charge is -1.91. The molecule has 0 rings (SSSR count). The summed E-state index contributed by atoms with van der Waals surface area (Å²) in [7, 11) is 0. The van der Waals surface area contributed by atoms with E-state index in [-0.39, 0.29) is 6.54 Å². The minimum absolute atomic E-state index is 0.109. The fraction of sp³-hybridized carbons (Fsp3) is 0.667. The van der Waals surface area contributed by atoms with Crippen molar-refractivity contribution in [2.45, 2.75) is 0 Å². The monoisotopic (exact) mass is 103 g/mol. The van der Waals surface area contributed by atoms with Crippen molar-refractivity contribution in [3.63, 3.8) is 0 Å². The first-order valence-electron chi connectivity index (χ1n) is 1.86. The second-order valence-corrected chi connectivity index (χ2v) is 0.948. The van der Waals surface area contributed by atoms with Crippen LogP contribution in [-0.4, -0.2) is 19.2 Å². The number of hydrogen-bond donors (Lipinski definition) is 2. The van der Waals surface area contributed by atoms with Crippen molar-refractivity contribution < 1.29 is 9.90 Å². The molecule has 0 aliphatic carbocycles. The van der Waals surface area contributed by atoms with E-state index in [1.165, 1.54) is 0 Å². The van der Waals surface area contributed by atoms with E-state index in [4.69, 9.17) is 5.73 Å². The Balaban J connectivity index is 3.00. The maximum Gasteiger partial charge on any atom is 0.235 e. The normalized spacial score (nSPS) is 8.29. The molecule has 0 saturated heterocycles. The van der Waals surface area contributed by atoms with Crippen molar-refractivity contribution in [1.29, 1.82) is 0 Å². The number of nitrogens with two attached hydrogens (primary N) is 1. The van der Waals surface area contributed by atoms with Gasteiger partial charge in [0.15, 0.2) is 6.73 Å². The fourth-order valence-corrected chi connectivity index (χ4v) is 0.153. The summed E-state index contributed by atoms with van der Waals surface area (Å²) in [6, 6.07) is 0. The van der Waals surface area contributed by atoms with Crippen molar-refractivity contribution in [2.24, 2.45) is 5.73 Å². The SMILES string of the molecule is NCC(=O)NC[O]. The van der Waals surface area contributed by atoms with Gasteiger partial charge in [0.25, 0.3) is 0 Å². The second kappa shape index (κ2) is 3.58. The summed E-state index contributed by atoms with van der Waals surface area (Å²) in [6.07, 6.45) is 0. The second-order valence-electron chi connectivity index (χ2n) is 0.948. The first kappa shape index (κ1) is 6.39. The van der Waals surface area contributed by atoms with Gasteiger partial charge in [0, 0.05) is 0 Å². The molecule has 4 nitrogen and oxygen atoms in total. The van der Waals surface area contributed by atoms with Crippen LogP contribution in [0.15, 0.2) is 0 Å². The molecule has 1 amide bonds. The molecule has 0 aromatic rings. The third-order valence-corrected chi connectivity index (χ3v) is 0.455. The lowest BCUT2D eigenvalue weighted by atomic mass is 10.6. The summed E-state index contributed by atoms with van der Waals surface area (Å²) < 4.78 is 0. The van der Waals surface area contributed by atoms with Crippen LogP contribution >= 0.6 is 0 Å². The number of amides is 1. The number of nitrogens with one attached hydrogen (secondary N) is 1. The first-order chi connectivity index (χ1) is 3.31. The minimum Gasteiger partial charge on any atom is -0.329 e. The van der Waals surface area contributed by atoms with Gasteiger partial charge in [0.2, 0.25) is 5.91 Å². The summed E-state index contributed by atoms with van der Waals surface area (Å²) >= 11 is 0. The van der Waals surface area contributed by atoms with E-state index in [9.17, 15) is 9.90 Å². The van der Waals surface area contributed by atoms with Crippen LogP contribution in [0.25, 0.3) is 0 Å². The molecule has 0 heterocycles. The summed E-state index contributed by atoms with van der Waals surface area (Å²) in [5.41, 5.74) is 4.81. The van der Waals surface area contributed by atoms with Gasteiger partial charge in [-0.2, -0.15) is 0 Å². The molecule has 0 aromatic carbocycles. The Labute approximate surface area is 41.3 Å². The Bertz CT molecular complexity index is 64.0. The van der Waals surface area contributed by atoms with E-state index < -0.39 is 12.6 Å². The highest BCUT2D eigenvalue weighted by Gasteiger charge is 1.90. The van der Waals surface area contributed by atoms with Crippen LogP contribution in [0.4, 0.5) is 0 Å². The average molecular weight is 103 g/mol. The highest BCUT2D eigenvalue weighted by Crippen LogP contribution is 1.52.